The molecule has 2 nitrogen and oxygen atoms in total. The van der Waals surface area contributed by atoms with E-state index < -0.39 is 0 Å². The molecule has 0 unspecified atom stereocenters. The van der Waals surface area contributed by atoms with Crippen LogP contribution in [-0.4, -0.2) is 30.1 Å². The summed E-state index contributed by atoms with van der Waals surface area (Å²) in [6.07, 6.45) is 4.98. The normalized spacial score (nSPS) is 29.0. The molecule has 2 N–H and O–H groups in total. The fraction of sp³-hybridized carbons (Fsp3) is 1.00. The molecule has 1 aliphatic carbocycles. The number of hydrogen-bond donors (Lipinski definition) is 1. The molecule has 0 bridgehead atoms. The van der Waals surface area contributed by atoms with Crippen molar-refractivity contribution in [1.29, 1.82) is 0 Å². The quantitative estimate of drug-likeness (QED) is 0.679. The van der Waals surface area contributed by atoms with Crippen molar-refractivity contribution in [1.82, 2.24) is 4.90 Å². The van der Waals surface area contributed by atoms with Crippen molar-refractivity contribution in [2.75, 3.05) is 13.1 Å². The second kappa shape index (κ2) is 4.83. The molecule has 12 heavy (non-hydrogen) atoms. The lowest BCUT2D eigenvalue weighted by Gasteiger charge is -2.41. The molecule has 0 aromatic carbocycles. The summed E-state index contributed by atoms with van der Waals surface area (Å²) in [7, 11) is 0. The highest BCUT2D eigenvalue weighted by atomic mass is 15.2. The van der Waals surface area contributed by atoms with Crippen LogP contribution in [0.25, 0.3) is 0 Å². The minimum atomic E-state index is 0.492. The molecule has 2 heteroatoms. The molecule has 1 aliphatic rings. The van der Waals surface area contributed by atoms with E-state index in [1.807, 2.05) is 0 Å². The summed E-state index contributed by atoms with van der Waals surface area (Å²) in [5, 5.41) is 0. The van der Waals surface area contributed by atoms with E-state index in [1.165, 1.54) is 38.8 Å². The van der Waals surface area contributed by atoms with Gasteiger partial charge in [0.1, 0.15) is 0 Å². The third-order valence-corrected chi connectivity index (χ3v) is 2.69. The maximum Gasteiger partial charge on any atom is 0.0125 e. The summed E-state index contributed by atoms with van der Waals surface area (Å²) in [5.74, 6) is 0. The highest BCUT2D eigenvalue weighted by Crippen LogP contribution is 2.24. The summed E-state index contributed by atoms with van der Waals surface area (Å²) in [5.41, 5.74) is 5.77. The maximum atomic E-state index is 5.77. The minimum Gasteiger partial charge on any atom is -0.328 e. The molecule has 1 saturated carbocycles. The van der Waals surface area contributed by atoms with Crippen LogP contribution in [0, 0.1) is 0 Å². The van der Waals surface area contributed by atoms with Gasteiger partial charge in [-0.1, -0.05) is 13.8 Å². The van der Waals surface area contributed by atoms with Gasteiger partial charge >= 0.3 is 0 Å². The molecule has 0 amide bonds. The van der Waals surface area contributed by atoms with Crippen LogP contribution in [0.5, 0.6) is 0 Å². The Labute approximate surface area is 76.1 Å². The van der Waals surface area contributed by atoms with Crippen molar-refractivity contribution < 1.29 is 0 Å². The summed E-state index contributed by atoms with van der Waals surface area (Å²) >= 11 is 0. The first-order valence-electron chi connectivity index (χ1n) is 5.27. The lowest BCUT2D eigenvalue weighted by molar-refractivity contribution is 0.110. The maximum absolute atomic E-state index is 5.77. The molecule has 0 aliphatic heterocycles. The van der Waals surface area contributed by atoms with E-state index in [1.54, 1.807) is 0 Å². The van der Waals surface area contributed by atoms with E-state index in [4.69, 9.17) is 5.73 Å². The number of nitrogens with zero attached hydrogens (tertiary/aromatic N) is 1. The first-order valence-corrected chi connectivity index (χ1v) is 5.27. The van der Waals surface area contributed by atoms with E-state index >= 15 is 0 Å². The van der Waals surface area contributed by atoms with Gasteiger partial charge in [0.25, 0.3) is 0 Å². The smallest absolute Gasteiger partial charge is 0.0125 e. The Morgan fingerprint density at radius 1 is 1.17 bits per heavy atom. The predicted octanol–water partition coefficient (Wildman–Crippen LogP) is 1.60. The van der Waals surface area contributed by atoms with Crippen LogP contribution in [-0.2, 0) is 0 Å². The number of rotatable bonds is 5. The molecule has 1 rings (SSSR count). The Morgan fingerprint density at radius 2 is 1.67 bits per heavy atom. The Kier molecular flexibility index (Phi) is 4.02. The topological polar surface area (TPSA) is 29.3 Å². The van der Waals surface area contributed by atoms with Crippen LogP contribution >= 0.6 is 0 Å². The van der Waals surface area contributed by atoms with Crippen molar-refractivity contribution in [3.63, 3.8) is 0 Å². The number of hydrogen-bond acceptors (Lipinski definition) is 2. The zero-order valence-corrected chi connectivity index (χ0v) is 8.42. The van der Waals surface area contributed by atoms with E-state index in [0.29, 0.717) is 6.04 Å². The minimum absolute atomic E-state index is 0.492. The van der Waals surface area contributed by atoms with Crippen molar-refractivity contribution in [2.24, 2.45) is 5.73 Å². The fourth-order valence-corrected chi connectivity index (χ4v) is 1.98. The summed E-state index contributed by atoms with van der Waals surface area (Å²) in [6.45, 7) is 7.01. The van der Waals surface area contributed by atoms with Gasteiger partial charge in [0, 0.05) is 12.1 Å². The summed E-state index contributed by atoms with van der Waals surface area (Å²) in [4.78, 5) is 2.60. The van der Waals surface area contributed by atoms with E-state index in [2.05, 4.69) is 18.7 Å². The Bertz CT molecular complexity index is 113. The SMILES string of the molecule is CCCN(CCC)C1CC(N)C1. The van der Waals surface area contributed by atoms with Crippen molar-refractivity contribution >= 4 is 0 Å². The van der Waals surface area contributed by atoms with Gasteiger partial charge in [0.2, 0.25) is 0 Å². The Hall–Kier alpha value is -0.0800. The highest BCUT2D eigenvalue weighted by molar-refractivity contribution is 4.89. The van der Waals surface area contributed by atoms with Crippen LogP contribution in [0.15, 0.2) is 0 Å². The molecule has 0 heterocycles. The van der Waals surface area contributed by atoms with Gasteiger partial charge in [-0.3, -0.25) is 0 Å². The molecule has 0 saturated heterocycles. The van der Waals surface area contributed by atoms with E-state index in [9.17, 15) is 0 Å². The average molecular weight is 170 g/mol. The van der Waals surface area contributed by atoms with Crippen LogP contribution in [0.3, 0.4) is 0 Å². The van der Waals surface area contributed by atoms with Gasteiger partial charge in [-0.25, -0.2) is 0 Å². The highest BCUT2D eigenvalue weighted by Gasteiger charge is 2.29. The van der Waals surface area contributed by atoms with Crippen LogP contribution in [0.1, 0.15) is 39.5 Å². The number of nitrogens with two attached hydrogens (primary N) is 1. The zero-order valence-electron chi connectivity index (χ0n) is 8.42. The first kappa shape index (κ1) is 10.0. The van der Waals surface area contributed by atoms with Gasteiger partial charge in [-0.2, -0.15) is 0 Å². The molecule has 1 fully saturated rings. The van der Waals surface area contributed by atoms with E-state index in [-0.39, 0.29) is 0 Å². The third kappa shape index (κ3) is 2.46. The standard InChI is InChI=1S/C10H22N2/c1-3-5-12(6-4-2)10-7-9(11)8-10/h9-10H,3-8,11H2,1-2H3. The Morgan fingerprint density at radius 3 is 2.00 bits per heavy atom. The third-order valence-electron chi connectivity index (χ3n) is 2.69. The molecule has 0 aromatic rings. The van der Waals surface area contributed by atoms with Gasteiger partial charge in [0.05, 0.1) is 0 Å². The molecule has 0 spiro atoms. The second-order valence-corrected chi connectivity index (χ2v) is 3.92. The molecular formula is C10H22N2. The van der Waals surface area contributed by atoms with Gasteiger partial charge < -0.3 is 10.6 Å². The lowest BCUT2D eigenvalue weighted by Crippen LogP contribution is -2.51. The zero-order chi connectivity index (χ0) is 8.97. The molecule has 0 atom stereocenters. The Balaban J connectivity index is 2.22. The van der Waals surface area contributed by atoms with Crippen LogP contribution in [0.4, 0.5) is 0 Å². The first-order chi connectivity index (χ1) is 5.77. The second-order valence-electron chi connectivity index (χ2n) is 3.92. The average Bonchev–Trinajstić information content (AvgIpc) is 1.99. The molecule has 0 aromatic heterocycles. The summed E-state index contributed by atoms with van der Waals surface area (Å²) in [6, 6.07) is 1.30. The largest absolute Gasteiger partial charge is 0.328 e. The van der Waals surface area contributed by atoms with Crippen molar-refractivity contribution in [3.8, 4) is 0 Å². The van der Waals surface area contributed by atoms with Gasteiger partial charge in [0.15, 0.2) is 0 Å². The summed E-state index contributed by atoms with van der Waals surface area (Å²) < 4.78 is 0. The molecular weight excluding hydrogens is 148 g/mol. The molecule has 72 valence electrons. The lowest BCUT2D eigenvalue weighted by atomic mass is 9.86. The van der Waals surface area contributed by atoms with Crippen LogP contribution in [0.2, 0.25) is 0 Å². The van der Waals surface area contributed by atoms with Crippen molar-refractivity contribution in [3.05, 3.63) is 0 Å². The monoisotopic (exact) mass is 170 g/mol. The predicted molar refractivity (Wildman–Crippen MR) is 53.2 cm³/mol. The molecule has 0 radical (unpaired) electrons. The van der Waals surface area contributed by atoms with Gasteiger partial charge in [-0.05, 0) is 38.8 Å². The van der Waals surface area contributed by atoms with Crippen LogP contribution < -0.4 is 5.73 Å². The van der Waals surface area contributed by atoms with Gasteiger partial charge in [-0.15, -0.1) is 0 Å². The fourth-order valence-electron chi connectivity index (χ4n) is 1.98. The van der Waals surface area contributed by atoms with Crippen molar-refractivity contribution in [2.45, 2.75) is 51.6 Å². The van der Waals surface area contributed by atoms with E-state index in [0.717, 1.165) is 6.04 Å².